The second-order valence-electron chi connectivity index (χ2n) is 1.38. The molecule has 0 spiro atoms. The topological polar surface area (TPSA) is 43.1 Å². The molecule has 0 fully saturated rings. The Balaban J connectivity index is -0.000000125. The van der Waals surface area contributed by atoms with Crippen LogP contribution in [0.1, 0.15) is 13.8 Å². The van der Waals surface area contributed by atoms with E-state index in [1.165, 1.54) is 0 Å². The fourth-order valence-corrected chi connectivity index (χ4v) is 0. The highest BCUT2D eigenvalue weighted by atomic mass is 35.5. The number of nitro groups is 1. The second-order valence-corrected chi connectivity index (χ2v) is 1.38. The average Bonchev–Trinajstić information content (AvgIpc) is 1.36. The van der Waals surface area contributed by atoms with E-state index < -0.39 is 6.04 Å². The van der Waals surface area contributed by atoms with Gasteiger partial charge in [-0.1, -0.05) is 0 Å². The zero-order valence-electron chi connectivity index (χ0n) is 4.66. The summed E-state index contributed by atoms with van der Waals surface area (Å²) < 4.78 is 0. The summed E-state index contributed by atoms with van der Waals surface area (Å²) >= 11 is 0. The molecule has 0 heterocycles. The molecular weight excluding hydrogens is 153 g/mol. The zero-order chi connectivity index (χ0) is 5.15. The van der Waals surface area contributed by atoms with E-state index in [1.807, 2.05) is 0 Å². The SMILES string of the molecule is CC(C)[N+](=O)[O-].Cl.Cl. The monoisotopic (exact) mass is 161 g/mol. The molecule has 0 amide bonds. The molecule has 0 radical (unpaired) electrons. The van der Waals surface area contributed by atoms with Crippen LogP contribution in [0.25, 0.3) is 0 Å². The van der Waals surface area contributed by atoms with Crippen LogP contribution in [0.15, 0.2) is 0 Å². The number of hydrogen-bond acceptors (Lipinski definition) is 2. The van der Waals surface area contributed by atoms with Crippen molar-refractivity contribution in [3.8, 4) is 0 Å². The van der Waals surface area contributed by atoms with Crippen LogP contribution < -0.4 is 0 Å². The Hall–Kier alpha value is -0.0200. The number of rotatable bonds is 1. The fraction of sp³-hybridized carbons (Fsp3) is 1.00. The minimum atomic E-state index is -0.426. The van der Waals surface area contributed by atoms with Gasteiger partial charge in [-0.05, 0) is 0 Å². The van der Waals surface area contributed by atoms with Crippen molar-refractivity contribution in [2.75, 3.05) is 0 Å². The van der Waals surface area contributed by atoms with Crippen molar-refractivity contribution in [3.63, 3.8) is 0 Å². The summed E-state index contributed by atoms with van der Waals surface area (Å²) in [5.74, 6) is 0. The van der Waals surface area contributed by atoms with Crippen LogP contribution in [-0.2, 0) is 0 Å². The Labute approximate surface area is 60.4 Å². The minimum Gasteiger partial charge on any atom is -0.264 e. The van der Waals surface area contributed by atoms with Gasteiger partial charge in [-0.2, -0.15) is 0 Å². The number of nitrogens with zero attached hydrogens (tertiary/aromatic N) is 1. The summed E-state index contributed by atoms with van der Waals surface area (Å²) in [6, 6.07) is -0.426. The summed E-state index contributed by atoms with van der Waals surface area (Å²) in [6.07, 6.45) is 0. The molecule has 0 atom stereocenters. The van der Waals surface area contributed by atoms with Gasteiger partial charge in [0.2, 0.25) is 6.04 Å². The van der Waals surface area contributed by atoms with Gasteiger partial charge in [0.05, 0.1) is 0 Å². The zero-order valence-corrected chi connectivity index (χ0v) is 6.29. The van der Waals surface area contributed by atoms with Crippen LogP contribution >= 0.6 is 24.8 Å². The van der Waals surface area contributed by atoms with Gasteiger partial charge in [-0.15, -0.1) is 24.8 Å². The van der Waals surface area contributed by atoms with Crippen molar-refractivity contribution in [2.24, 2.45) is 0 Å². The summed E-state index contributed by atoms with van der Waals surface area (Å²) in [6.45, 7) is 3.08. The molecule has 52 valence electrons. The Morgan fingerprint density at radius 3 is 1.50 bits per heavy atom. The molecule has 0 unspecified atom stereocenters. The van der Waals surface area contributed by atoms with Gasteiger partial charge < -0.3 is 0 Å². The first kappa shape index (κ1) is 15.7. The van der Waals surface area contributed by atoms with Crippen molar-refractivity contribution < 1.29 is 4.92 Å². The number of halogens is 2. The molecule has 0 aliphatic heterocycles. The highest BCUT2D eigenvalue weighted by molar-refractivity contribution is 5.85. The van der Waals surface area contributed by atoms with E-state index in [4.69, 9.17) is 0 Å². The predicted molar refractivity (Wildman–Crippen MR) is 36.6 cm³/mol. The lowest BCUT2D eigenvalue weighted by Crippen LogP contribution is -2.08. The molecule has 0 saturated heterocycles. The first-order valence-corrected chi connectivity index (χ1v) is 1.78. The minimum absolute atomic E-state index is 0. The lowest BCUT2D eigenvalue weighted by molar-refractivity contribution is -0.513. The molecule has 0 rings (SSSR count). The van der Waals surface area contributed by atoms with Gasteiger partial charge in [-0.3, -0.25) is 10.1 Å². The van der Waals surface area contributed by atoms with Gasteiger partial charge in [0.15, 0.2) is 0 Å². The molecule has 0 aromatic heterocycles. The molecular formula is C3H9Cl2NO2. The fourth-order valence-electron chi connectivity index (χ4n) is 0. The van der Waals surface area contributed by atoms with Crippen LogP contribution in [0, 0.1) is 10.1 Å². The van der Waals surface area contributed by atoms with Crippen LogP contribution in [0.2, 0.25) is 0 Å². The van der Waals surface area contributed by atoms with Crippen molar-refractivity contribution in [1.29, 1.82) is 0 Å². The van der Waals surface area contributed by atoms with Gasteiger partial charge in [0.25, 0.3) is 0 Å². The van der Waals surface area contributed by atoms with E-state index in [-0.39, 0.29) is 29.7 Å². The van der Waals surface area contributed by atoms with Gasteiger partial charge >= 0.3 is 0 Å². The second kappa shape index (κ2) is 6.98. The predicted octanol–water partition coefficient (Wildman–Crippen LogP) is 1.52. The molecule has 0 saturated carbocycles. The molecule has 0 aliphatic rings. The van der Waals surface area contributed by atoms with Crippen molar-refractivity contribution in [2.45, 2.75) is 19.9 Å². The maximum atomic E-state index is 9.50. The van der Waals surface area contributed by atoms with Gasteiger partial charge in [0, 0.05) is 18.8 Å². The van der Waals surface area contributed by atoms with E-state index in [2.05, 4.69) is 0 Å². The summed E-state index contributed by atoms with van der Waals surface area (Å²) in [7, 11) is 0. The Bertz CT molecular complexity index is 66.3. The van der Waals surface area contributed by atoms with E-state index in [1.54, 1.807) is 13.8 Å². The van der Waals surface area contributed by atoms with E-state index >= 15 is 0 Å². The molecule has 0 bridgehead atoms. The maximum absolute atomic E-state index is 9.50. The van der Waals surface area contributed by atoms with Crippen molar-refractivity contribution in [1.82, 2.24) is 0 Å². The first-order valence-electron chi connectivity index (χ1n) is 1.78. The third-order valence-electron chi connectivity index (χ3n) is 0.422. The molecule has 0 aromatic carbocycles. The lowest BCUT2D eigenvalue weighted by Gasteiger charge is -1.88. The van der Waals surface area contributed by atoms with Crippen LogP contribution in [0.3, 0.4) is 0 Å². The quantitative estimate of drug-likeness (QED) is 0.433. The van der Waals surface area contributed by atoms with Crippen LogP contribution in [0.5, 0.6) is 0 Å². The molecule has 3 nitrogen and oxygen atoms in total. The first-order chi connectivity index (χ1) is 2.64. The molecule has 0 aliphatic carbocycles. The van der Waals surface area contributed by atoms with Gasteiger partial charge in [0.1, 0.15) is 0 Å². The highest BCUT2D eigenvalue weighted by Crippen LogP contribution is 1.79. The van der Waals surface area contributed by atoms with Crippen LogP contribution in [0.4, 0.5) is 0 Å². The Morgan fingerprint density at radius 1 is 1.38 bits per heavy atom. The maximum Gasteiger partial charge on any atom is 0.207 e. The third kappa shape index (κ3) is 9.36. The van der Waals surface area contributed by atoms with Gasteiger partial charge in [-0.25, -0.2) is 0 Å². The molecule has 0 N–H and O–H groups in total. The van der Waals surface area contributed by atoms with E-state index in [0.29, 0.717) is 0 Å². The normalized spacial score (nSPS) is 6.88. The summed E-state index contributed by atoms with van der Waals surface area (Å²) in [5.41, 5.74) is 0. The number of hydrogen-bond donors (Lipinski definition) is 0. The smallest absolute Gasteiger partial charge is 0.207 e. The van der Waals surface area contributed by atoms with E-state index in [9.17, 15) is 10.1 Å². The third-order valence-corrected chi connectivity index (χ3v) is 0.422. The highest BCUT2D eigenvalue weighted by Gasteiger charge is 1.99. The van der Waals surface area contributed by atoms with Crippen molar-refractivity contribution >= 4 is 24.8 Å². The summed E-state index contributed by atoms with van der Waals surface area (Å²) in [4.78, 5) is 9.17. The standard InChI is InChI=1S/C3H7NO2.2ClH/c1-3(2)4(5)6;;/h3H,1-2H3;2*1H. The Morgan fingerprint density at radius 2 is 1.50 bits per heavy atom. The van der Waals surface area contributed by atoms with Crippen molar-refractivity contribution in [3.05, 3.63) is 10.1 Å². The van der Waals surface area contributed by atoms with Crippen LogP contribution in [-0.4, -0.2) is 11.0 Å². The summed E-state index contributed by atoms with van der Waals surface area (Å²) in [5, 5.41) is 9.50. The largest absolute Gasteiger partial charge is 0.264 e. The average molecular weight is 162 g/mol. The molecule has 8 heavy (non-hydrogen) atoms. The molecule has 0 aromatic rings. The van der Waals surface area contributed by atoms with E-state index in [0.717, 1.165) is 0 Å². The Kier molecular flexibility index (Phi) is 13.7. The molecule has 5 heteroatoms. The lowest BCUT2D eigenvalue weighted by atomic mass is 10.4.